The first kappa shape index (κ1) is 12.9. The van der Waals surface area contributed by atoms with Crippen LogP contribution in [0.15, 0.2) is 36.4 Å². The number of carbonyl (C=O) groups is 1. The van der Waals surface area contributed by atoms with E-state index in [0.29, 0.717) is 5.69 Å². The van der Waals surface area contributed by atoms with Crippen LogP contribution in [0.2, 0.25) is 4.34 Å². The zero-order valence-corrected chi connectivity index (χ0v) is 13.0. The molecule has 106 valence electrons. The highest BCUT2D eigenvalue weighted by Crippen LogP contribution is 2.34. The molecule has 3 aromatic rings. The van der Waals surface area contributed by atoms with Crippen molar-refractivity contribution >= 4 is 44.7 Å². The Kier molecular flexibility index (Phi) is 2.84. The van der Waals surface area contributed by atoms with Crippen molar-refractivity contribution in [3.63, 3.8) is 0 Å². The molecule has 0 saturated heterocycles. The highest BCUT2D eigenvalue weighted by Gasteiger charge is 2.27. The lowest BCUT2D eigenvalue weighted by atomic mass is 10.2. The minimum Gasteiger partial charge on any atom is -0.339 e. The van der Waals surface area contributed by atoms with Crippen LogP contribution in [0.4, 0.5) is 5.69 Å². The van der Waals surface area contributed by atoms with E-state index in [-0.39, 0.29) is 5.91 Å². The van der Waals surface area contributed by atoms with Gasteiger partial charge in [-0.05, 0) is 30.2 Å². The van der Waals surface area contributed by atoms with Crippen LogP contribution < -0.4 is 4.90 Å². The molecule has 3 heterocycles. The second kappa shape index (κ2) is 4.61. The Morgan fingerprint density at radius 2 is 2.10 bits per heavy atom. The number of aromatic nitrogens is 1. The van der Waals surface area contributed by atoms with Crippen LogP contribution in [0.3, 0.4) is 0 Å². The monoisotopic (exact) mass is 316 g/mol. The van der Waals surface area contributed by atoms with Gasteiger partial charge in [0.25, 0.3) is 5.91 Å². The quantitative estimate of drug-likeness (QED) is 0.663. The summed E-state index contributed by atoms with van der Waals surface area (Å²) in [6, 6.07) is 12.0. The molecule has 0 bridgehead atoms. The van der Waals surface area contributed by atoms with Gasteiger partial charge in [0, 0.05) is 19.3 Å². The first-order chi connectivity index (χ1) is 10.1. The van der Waals surface area contributed by atoms with Gasteiger partial charge in [0.2, 0.25) is 0 Å². The molecule has 0 spiro atoms. The number of para-hydroxylation sites is 1. The fraction of sp³-hybridized carbons (Fsp3) is 0.188. The van der Waals surface area contributed by atoms with Crippen molar-refractivity contribution in [2.24, 2.45) is 7.05 Å². The maximum absolute atomic E-state index is 12.9. The van der Waals surface area contributed by atoms with Crippen LogP contribution in [0.5, 0.6) is 0 Å². The van der Waals surface area contributed by atoms with E-state index in [4.69, 9.17) is 11.6 Å². The largest absolute Gasteiger partial charge is 0.339 e. The number of anilines is 1. The molecular weight excluding hydrogens is 304 g/mol. The van der Waals surface area contributed by atoms with Gasteiger partial charge in [0.1, 0.15) is 5.69 Å². The molecule has 0 aliphatic carbocycles. The molecule has 3 nitrogen and oxygen atoms in total. The molecule has 4 rings (SSSR count). The fourth-order valence-electron chi connectivity index (χ4n) is 2.97. The maximum atomic E-state index is 12.9. The second-order valence-corrected chi connectivity index (χ2v) is 6.94. The van der Waals surface area contributed by atoms with Gasteiger partial charge < -0.3 is 9.47 Å². The standard InChI is InChI=1S/C16H13ClN2OS/c1-18-12-9-15(17)21-14(12)8-13(18)16(20)19-7-6-10-4-2-3-5-11(10)19/h2-5,8-9H,6-7H2,1H3. The van der Waals surface area contributed by atoms with Gasteiger partial charge >= 0.3 is 0 Å². The van der Waals surface area contributed by atoms with Gasteiger partial charge in [0.15, 0.2) is 0 Å². The summed E-state index contributed by atoms with van der Waals surface area (Å²) in [4.78, 5) is 14.7. The van der Waals surface area contributed by atoms with E-state index < -0.39 is 0 Å². The molecule has 1 aromatic carbocycles. The number of aryl methyl sites for hydroxylation is 1. The molecule has 0 unspecified atom stereocenters. The second-order valence-electron chi connectivity index (χ2n) is 5.22. The third kappa shape index (κ3) is 1.90. The molecule has 2 aromatic heterocycles. The summed E-state index contributed by atoms with van der Waals surface area (Å²) in [5.74, 6) is 0.0574. The van der Waals surface area contributed by atoms with Crippen molar-refractivity contribution in [3.05, 3.63) is 52.0 Å². The van der Waals surface area contributed by atoms with Gasteiger partial charge in [-0.3, -0.25) is 4.79 Å². The summed E-state index contributed by atoms with van der Waals surface area (Å²) in [6.07, 6.45) is 0.923. The first-order valence-electron chi connectivity index (χ1n) is 6.79. The van der Waals surface area contributed by atoms with Crippen molar-refractivity contribution in [1.29, 1.82) is 0 Å². The summed E-state index contributed by atoms with van der Waals surface area (Å²) in [6.45, 7) is 0.748. The van der Waals surface area contributed by atoms with E-state index in [0.717, 1.165) is 33.2 Å². The number of carbonyl (C=O) groups excluding carboxylic acids is 1. The van der Waals surface area contributed by atoms with Crippen LogP contribution in [0, 0.1) is 0 Å². The van der Waals surface area contributed by atoms with Gasteiger partial charge in [-0.25, -0.2) is 0 Å². The Hall–Kier alpha value is -1.78. The molecule has 0 N–H and O–H groups in total. The van der Waals surface area contributed by atoms with E-state index in [1.807, 2.05) is 46.8 Å². The minimum absolute atomic E-state index is 0.0574. The highest BCUT2D eigenvalue weighted by molar-refractivity contribution is 7.22. The molecular formula is C16H13ClN2OS. The average Bonchev–Trinajstić information content (AvgIpc) is 3.13. The third-order valence-corrected chi connectivity index (χ3v) is 5.25. The summed E-state index contributed by atoms with van der Waals surface area (Å²) in [7, 11) is 1.92. The molecule has 1 aliphatic rings. The Bertz CT molecular complexity index is 864. The average molecular weight is 317 g/mol. The Labute approximate surface area is 131 Å². The van der Waals surface area contributed by atoms with Crippen molar-refractivity contribution in [2.45, 2.75) is 6.42 Å². The minimum atomic E-state index is 0.0574. The summed E-state index contributed by atoms with van der Waals surface area (Å²) >= 11 is 7.54. The summed E-state index contributed by atoms with van der Waals surface area (Å²) in [5, 5.41) is 0. The van der Waals surface area contributed by atoms with Crippen molar-refractivity contribution in [2.75, 3.05) is 11.4 Å². The van der Waals surface area contributed by atoms with Crippen LogP contribution >= 0.6 is 22.9 Å². The zero-order chi connectivity index (χ0) is 14.6. The number of amides is 1. The van der Waals surface area contributed by atoms with Crippen LogP contribution in [-0.4, -0.2) is 17.0 Å². The normalized spacial score (nSPS) is 13.9. The van der Waals surface area contributed by atoms with Crippen LogP contribution in [0.1, 0.15) is 16.1 Å². The van der Waals surface area contributed by atoms with Crippen molar-refractivity contribution in [3.8, 4) is 0 Å². The lowest BCUT2D eigenvalue weighted by Crippen LogP contribution is -2.30. The Morgan fingerprint density at radius 3 is 2.90 bits per heavy atom. The van der Waals surface area contributed by atoms with Gasteiger partial charge in [-0.15, -0.1) is 11.3 Å². The summed E-state index contributed by atoms with van der Waals surface area (Å²) in [5.41, 5.74) is 4.00. The predicted octanol–water partition coefficient (Wildman–Crippen LogP) is 4.10. The third-order valence-electron chi connectivity index (χ3n) is 4.05. The topological polar surface area (TPSA) is 25.2 Å². The SMILES string of the molecule is Cn1c(C(=O)N2CCc3ccccc32)cc2sc(Cl)cc21. The number of benzene rings is 1. The highest BCUT2D eigenvalue weighted by atomic mass is 35.5. The molecule has 0 atom stereocenters. The Morgan fingerprint density at radius 1 is 1.29 bits per heavy atom. The van der Waals surface area contributed by atoms with E-state index in [1.165, 1.54) is 16.9 Å². The number of halogens is 1. The predicted molar refractivity (Wildman–Crippen MR) is 87.6 cm³/mol. The maximum Gasteiger partial charge on any atom is 0.274 e. The molecule has 21 heavy (non-hydrogen) atoms. The van der Waals surface area contributed by atoms with Crippen molar-refractivity contribution in [1.82, 2.24) is 4.57 Å². The van der Waals surface area contributed by atoms with Crippen LogP contribution in [0.25, 0.3) is 10.2 Å². The first-order valence-corrected chi connectivity index (χ1v) is 7.99. The van der Waals surface area contributed by atoms with Crippen LogP contribution in [-0.2, 0) is 13.5 Å². The van der Waals surface area contributed by atoms with E-state index in [1.54, 1.807) is 0 Å². The molecule has 0 fully saturated rings. The lowest BCUT2D eigenvalue weighted by molar-refractivity contribution is 0.0982. The van der Waals surface area contributed by atoms with Gasteiger partial charge in [-0.1, -0.05) is 29.8 Å². The molecule has 5 heteroatoms. The van der Waals surface area contributed by atoms with E-state index in [2.05, 4.69) is 6.07 Å². The number of nitrogens with zero attached hydrogens (tertiary/aromatic N) is 2. The number of hydrogen-bond donors (Lipinski definition) is 0. The van der Waals surface area contributed by atoms with E-state index in [9.17, 15) is 4.79 Å². The Balaban J connectivity index is 1.77. The lowest BCUT2D eigenvalue weighted by Gasteiger charge is -2.17. The number of fused-ring (bicyclic) bond motifs is 2. The fourth-order valence-corrected chi connectivity index (χ4v) is 4.18. The van der Waals surface area contributed by atoms with Gasteiger partial charge in [0.05, 0.1) is 14.6 Å². The molecule has 0 saturated carbocycles. The smallest absolute Gasteiger partial charge is 0.274 e. The van der Waals surface area contributed by atoms with E-state index >= 15 is 0 Å². The van der Waals surface area contributed by atoms with Gasteiger partial charge in [-0.2, -0.15) is 0 Å². The van der Waals surface area contributed by atoms with Crippen molar-refractivity contribution < 1.29 is 4.79 Å². The zero-order valence-electron chi connectivity index (χ0n) is 11.5. The molecule has 1 amide bonds. The number of thiophene rings is 1. The number of hydrogen-bond acceptors (Lipinski definition) is 2. The molecule has 1 aliphatic heterocycles. The summed E-state index contributed by atoms with van der Waals surface area (Å²) < 4.78 is 3.74. The number of rotatable bonds is 1. The molecule has 0 radical (unpaired) electrons.